The maximum Gasteiger partial charge on any atom is 0.237 e. The fraction of sp³-hybridized carbons (Fsp3) is 0.933. The monoisotopic (exact) mass is 284 g/mol. The molecule has 2 N–H and O–H groups in total. The molecule has 3 nitrogen and oxygen atoms in total. The Morgan fingerprint density at radius 3 is 2.47 bits per heavy atom. The summed E-state index contributed by atoms with van der Waals surface area (Å²) in [5.74, 6) is 0.182. The Labute approximate surface area is 121 Å². The molecule has 0 aliphatic heterocycles. The van der Waals surface area contributed by atoms with E-state index in [0.717, 1.165) is 19.4 Å². The van der Waals surface area contributed by atoms with E-state index in [0.29, 0.717) is 10.8 Å². The second-order valence-corrected chi connectivity index (χ2v) is 7.46. The lowest BCUT2D eigenvalue weighted by Crippen LogP contribution is -2.49. The Hall–Kier alpha value is -0.220. The maximum atomic E-state index is 12.1. The Morgan fingerprint density at radius 2 is 1.89 bits per heavy atom. The molecule has 0 spiro atoms. The van der Waals surface area contributed by atoms with Crippen LogP contribution in [0.4, 0.5) is 0 Å². The SMILES string of the molecule is CSC1(CNC(C)C(=O)NC2CCCC2)CCCC1. The van der Waals surface area contributed by atoms with E-state index in [1.165, 1.54) is 38.5 Å². The summed E-state index contributed by atoms with van der Waals surface area (Å²) in [4.78, 5) is 12.1. The summed E-state index contributed by atoms with van der Waals surface area (Å²) in [7, 11) is 0. The number of rotatable bonds is 6. The van der Waals surface area contributed by atoms with Crippen molar-refractivity contribution in [2.75, 3.05) is 12.8 Å². The molecule has 1 unspecified atom stereocenters. The number of hydrogen-bond donors (Lipinski definition) is 2. The van der Waals surface area contributed by atoms with E-state index in [1.54, 1.807) is 0 Å². The minimum Gasteiger partial charge on any atom is -0.352 e. The normalized spacial score (nSPS) is 24.5. The van der Waals surface area contributed by atoms with Gasteiger partial charge in [0.05, 0.1) is 6.04 Å². The van der Waals surface area contributed by atoms with Gasteiger partial charge in [-0.1, -0.05) is 25.7 Å². The summed E-state index contributed by atoms with van der Waals surface area (Å²) >= 11 is 1.97. The number of nitrogens with one attached hydrogen (secondary N) is 2. The molecule has 110 valence electrons. The first-order valence-electron chi connectivity index (χ1n) is 7.74. The van der Waals surface area contributed by atoms with Crippen LogP contribution in [-0.4, -0.2) is 35.5 Å². The summed E-state index contributed by atoms with van der Waals surface area (Å²) in [5.41, 5.74) is 0. The zero-order valence-corrected chi connectivity index (χ0v) is 13.2. The van der Waals surface area contributed by atoms with E-state index >= 15 is 0 Å². The lowest BCUT2D eigenvalue weighted by atomic mass is 10.1. The average molecular weight is 284 g/mol. The first-order chi connectivity index (χ1) is 9.15. The van der Waals surface area contributed by atoms with Gasteiger partial charge < -0.3 is 10.6 Å². The fourth-order valence-corrected chi connectivity index (χ4v) is 4.23. The molecule has 0 aromatic rings. The molecule has 0 aromatic carbocycles. The van der Waals surface area contributed by atoms with Crippen LogP contribution in [0, 0.1) is 0 Å². The van der Waals surface area contributed by atoms with Gasteiger partial charge in [-0.3, -0.25) is 4.79 Å². The van der Waals surface area contributed by atoms with Crippen LogP contribution in [0.5, 0.6) is 0 Å². The number of hydrogen-bond acceptors (Lipinski definition) is 3. The third-order valence-corrected chi connectivity index (χ3v) is 6.19. The number of thioether (sulfide) groups is 1. The van der Waals surface area contributed by atoms with Crippen molar-refractivity contribution >= 4 is 17.7 Å². The quantitative estimate of drug-likeness (QED) is 0.788. The van der Waals surface area contributed by atoms with E-state index < -0.39 is 0 Å². The van der Waals surface area contributed by atoms with Crippen LogP contribution in [-0.2, 0) is 4.79 Å². The highest BCUT2D eigenvalue weighted by Crippen LogP contribution is 2.39. The van der Waals surface area contributed by atoms with Gasteiger partial charge in [0.2, 0.25) is 5.91 Å². The van der Waals surface area contributed by atoms with Crippen LogP contribution < -0.4 is 10.6 Å². The van der Waals surface area contributed by atoms with Gasteiger partial charge in [0.25, 0.3) is 0 Å². The molecule has 0 saturated heterocycles. The predicted octanol–water partition coefficient (Wildman–Crippen LogP) is 2.70. The van der Waals surface area contributed by atoms with Crippen molar-refractivity contribution in [3.8, 4) is 0 Å². The summed E-state index contributed by atoms with van der Waals surface area (Å²) < 4.78 is 0.377. The van der Waals surface area contributed by atoms with E-state index in [9.17, 15) is 4.79 Å². The fourth-order valence-electron chi connectivity index (χ4n) is 3.30. The van der Waals surface area contributed by atoms with Crippen LogP contribution in [0.2, 0.25) is 0 Å². The van der Waals surface area contributed by atoms with E-state index in [1.807, 2.05) is 18.7 Å². The topological polar surface area (TPSA) is 41.1 Å². The van der Waals surface area contributed by atoms with Gasteiger partial charge >= 0.3 is 0 Å². The van der Waals surface area contributed by atoms with E-state index in [4.69, 9.17) is 0 Å². The van der Waals surface area contributed by atoms with Crippen LogP contribution in [0.3, 0.4) is 0 Å². The first-order valence-corrected chi connectivity index (χ1v) is 8.97. The highest BCUT2D eigenvalue weighted by atomic mass is 32.2. The van der Waals surface area contributed by atoms with Gasteiger partial charge in [-0.2, -0.15) is 11.8 Å². The standard InChI is InChI=1S/C15H28N2OS/c1-12(14(18)17-13-7-3-4-8-13)16-11-15(19-2)9-5-6-10-15/h12-13,16H,3-11H2,1-2H3,(H,17,18). The first kappa shape index (κ1) is 15.2. The second kappa shape index (κ2) is 6.98. The molecule has 1 atom stereocenters. The van der Waals surface area contributed by atoms with Gasteiger partial charge in [0.15, 0.2) is 0 Å². The van der Waals surface area contributed by atoms with Gasteiger partial charge in [-0.15, -0.1) is 0 Å². The summed E-state index contributed by atoms with van der Waals surface area (Å²) in [5, 5.41) is 6.63. The van der Waals surface area contributed by atoms with Gasteiger partial charge in [0.1, 0.15) is 0 Å². The predicted molar refractivity (Wildman–Crippen MR) is 82.6 cm³/mol. The van der Waals surface area contributed by atoms with Gasteiger partial charge in [-0.25, -0.2) is 0 Å². The molecule has 2 rings (SSSR count). The molecule has 0 aromatic heterocycles. The number of carbonyl (C=O) groups excluding carboxylic acids is 1. The highest BCUT2D eigenvalue weighted by molar-refractivity contribution is 8.00. The molecule has 4 heteroatoms. The third kappa shape index (κ3) is 4.12. The van der Waals surface area contributed by atoms with E-state index in [2.05, 4.69) is 16.9 Å². The van der Waals surface area contributed by atoms with Crippen LogP contribution in [0.15, 0.2) is 0 Å². The Balaban J connectivity index is 1.73. The Kier molecular flexibility index (Phi) is 5.58. The zero-order chi connectivity index (χ0) is 13.7. The molecular weight excluding hydrogens is 256 g/mol. The number of carbonyl (C=O) groups is 1. The van der Waals surface area contributed by atoms with Gasteiger partial charge in [-0.05, 0) is 38.9 Å². The molecule has 19 heavy (non-hydrogen) atoms. The van der Waals surface area contributed by atoms with Gasteiger partial charge in [0, 0.05) is 17.3 Å². The van der Waals surface area contributed by atoms with Crippen molar-refractivity contribution in [2.24, 2.45) is 0 Å². The number of amides is 1. The van der Waals surface area contributed by atoms with Crippen molar-refractivity contribution < 1.29 is 4.79 Å². The molecule has 2 aliphatic carbocycles. The maximum absolute atomic E-state index is 12.1. The molecule has 0 radical (unpaired) electrons. The summed E-state index contributed by atoms with van der Waals surface area (Å²) in [6, 6.07) is 0.364. The second-order valence-electron chi connectivity index (χ2n) is 6.19. The van der Waals surface area contributed by atoms with Crippen molar-refractivity contribution in [1.29, 1.82) is 0 Å². The lowest BCUT2D eigenvalue weighted by molar-refractivity contribution is -0.123. The van der Waals surface area contributed by atoms with Crippen molar-refractivity contribution in [3.05, 3.63) is 0 Å². The molecule has 1 amide bonds. The lowest BCUT2D eigenvalue weighted by Gasteiger charge is -2.29. The molecule has 2 fully saturated rings. The molecule has 0 bridgehead atoms. The average Bonchev–Trinajstić information content (AvgIpc) is 3.07. The molecular formula is C15H28N2OS. The van der Waals surface area contributed by atoms with Crippen LogP contribution in [0.1, 0.15) is 58.3 Å². The van der Waals surface area contributed by atoms with Crippen molar-refractivity contribution in [1.82, 2.24) is 10.6 Å². The summed E-state index contributed by atoms with van der Waals surface area (Å²) in [6.07, 6.45) is 12.3. The van der Waals surface area contributed by atoms with Crippen molar-refractivity contribution in [2.45, 2.75) is 75.1 Å². The van der Waals surface area contributed by atoms with Crippen LogP contribution >= 0.6 is 11.8 Å². The molecule has 0 heterocycles. The molecule has 2 saturated carbocycles. The van der Waals surface area contributed by atoms with E-state index in [-0.39, 0.29) is 11.9 Å². The van der Waals surface area contributed by atoms with Crippen molar-refractivity contribution in [3.63, 3.8) is 0 Å². The third-order valence-electron chi connectivity index (χ3n) is 4.77. The minimum absolute atomic E-state index is 0.0646. The molecule has 2 aliphatic rings. The largest absolute Gasteiger partial charge is 0.352 e. The van der Waals surface area contributed by atoms with Crippen LogP contribution in [0.25, 0.3) is 0 Å². The smallest absolute Gasteiger partial charge is 0.237 e. The minimum atomic E-state index is -0.0646. The zero-order valence-electron chi connectivity index (χ0n) is 12.3. The summed E-state index contributed by atoms with van der Waals surface area (Å²) in [6.45, 7) is 2.96. The Bertz CT molecular complexity index is 297. The highest BCUT2D eigenvalue weighted by Gasteiger charge is 2.33. The Morgan fingerprint density at radius 1 is 1.26 bits per heavy atom.